The van der Waals surface area contributed by atoms with Crippen LogP contribution in [-0.2, 0) is 6.42 Å². The van der Waals surface area contributed by atoms with Gasteiger partial charge in [0, 0.05) is 18.4 Å². The summed E-state index contributed by atoms with van der Waals surface area (Å²) in [5.74, 6) is 0. The molecule has 0 aliphatic heterocycles. The standard InChI is InChI=1S/C17H24N2S/c1-5-8-16(18-13-6-2)17(19-20-4)15-11-9-14(7-3)10-12-15/h5,8-12,18H,1,6-7,13H2,2-4H3/b16-8-,19-17-. The Bertz CT molecular complexity index is 472. The summed E-state index contributed by atoms with van der Waals surface area (Å²) < 4.78 is 4.58. The third kappa shape index (κ3) is 4.89. The molecule has 0 unspecified atom stereocenters. The number of allylic oxidation sites excluding steroid dienone is 3. The molecule has 108 valence electrons. The molecular weight excluding hydrogens is 264 g/mol. The third-order valence-electron chi connectivity index (χ3n) is 2.92. The van der Waals surface area contributed by atoms with Crippen LogP contribution >= 0.6 is 11.9 Å². The monoisotopic (exact) mass is 288 g/mol. The van der Waals surface area contributed by atoms with Gasteiger partial charge < -0.3 is 5.32 Å². The van der Waals surface area contributed by atoms with Crippen LogP contribution in [0.4, 0.5) is 0 Å². The van der Waals surface area contributed by atoms with Crippen molar-refractivity contribution in [3.8, 4) is 0 Å². The van der Waals surface area contributed by atoms with Crippen LogP contribution in [0.15, 0.2) is 53.1 Å². The van der Waals surface area contributed by atoms with E-state index in [0.29, 0.717) is 0 Å². The average molecular weight is 288 g/mol. The molecule has 0 heterocycles. The van der Waals surface area contributed by atoms with Crippen molar-refractivity contribution in [1.29, 1.82) is 0 Å². The van der Waals surface area contributed by atoms with Crippen molar-refractivity contribution in [2.75, 3.05) is 12.8 Å². The van der Waals surface area contributed by atoms with Crippen molar-refractivity contribution >= 4 is 17.7 Å². The molecule has 3 heteroatoms. The van der Waals surface area contributed by atoms with Gasteiger partial charge in [-0.1, -0.05) is 50.8 Å². The molecule has 0 aliphatic carbocycles. The Hall–Kier alpha value is -1.48. The summed E-state index contributed by atoms with van der Waals surface area (Å²) >= 11 is 1.47. The highest BCUT2D eigenvalue weighted by Crippen LogP contribution is 2.14. The van der Waals surface area contributed by atoms with E-state index in [-0.39, 0.29) is 0 Å². The van der Waals surface area contributed by atoms with E-state index in [2.05, 4.69) is 54.4 Å². The molecule has 2 nitrogen and oxygen atoms in total. The van der Waals surface area contributed by atoms with E-state index < -0.39 is 0 Å². The molecule has 0 amide bonds. The van der Waals surface area contributed by atoms with Crippen molar-refractivity contribution in [2.45, 2.75) is 26.7 Å². The first kappa shape index (κ1) is 16.6. The minimum absolute atomic E-state index is 0.931. The van der Waals surface area contributed by atoms with E-state index in [1.807, 2.05) is 12.3 Å². The average Bonchev–Trinajstić information content (AvgIpc) is 2.49. The van der Waals surface area contributed by atoms with Gasteiger partial charge in [-0.05, 0) is 36.4 Å². The Labute approximate surface area is 127 Å². The van der Waals surface area contributed by atoms with Gasteiger partial charge >= 0.3 is 0 Å². The fraction of sp³-hybridized carbons (Fsp3) is 0.353. The Balaban J connectivity index is 3.10. The van der Waals surface area contributed by atoms with E-state index in [1.165, 1.54) is 17.5 Å². The highest BCUT2D eigenvalue weighted by molar-refractivity contribution is 7.97. The summed E-state index contributed by atoms with van der Waals surface area (Å²) in [6.45, 7) is 9.04. The lowest BCUT2D eigenvalue weighted by Crippen LogP contribution is -2.22. The Morgan fingerprint density at radius 1 is 1.30 bits per heavy atom. The van der Waals surface area contributed by atoms with E-state index in [0.717, 1.165) is 36.4 Å². The number of aryl methyl sites for hydroxylation is 1. The van der Waals surface area contributed by atoms with Crippen LogP contribution < -0.4 is 5.32 Å². The molecule has 0 saturated carbocycles. The van der Waals surface area contributed by atoms with Gasteiger partial charge in [0.05, 0.1) is 5.70 Å². The predicted octanol–water partition coefficient (Wildman–Crippen LogP) is 4.39. The summed E-state index contributed by atoms with van der Waals surface area (Å²) in [4.78, 5) is 0. The van der Waals surface area contributed by atoms with Crippen LogP contribution in [0.2, 0.25) is 0 Å². The van der Waals surface area contributed by atoms with Crippen LogP contribution in [0.25, 0.3) is 0 Å². The summed E-state index contributed by atoms with van der Waals surface area (Å²) in [6.07, 6.45) is 7.90. The zero-order valence-electron chi connectivity index (χ0n) is 12.6. The molecule has 0 fully saturated rings. The largest absolute Gasteiger partial charge is 0.383 e. The minimum Gasteiger partial charge on any atom is -0.383 e. The maximum absolute atomic E-state index is 4.58. The van der Waals surface area contributed by atoms with Crippen LogP contribution in [-0.4, -0.2) is 18.5 Å². The molecule has 0 atom stereocenters. The van der Waals surface area contributed by atoms with Crippen LogP contribution in [0.5, 0.6) is 0 Å². The number of benzene rings is 1. The van der Waals surface area contributed by atoms with Gasteiger partial charge in [-0.15, -0.1) is 0 Å². The summed E-state index contributed by atoms with van der Waals surface area (Å²) in [6, 6.07) is 8.60. The molecule has 0 aliphatic rings. The van der Waals surface area contributed by atoms with Gasteiger partial charge in [-0.2, -0.15) is 0 Å². The maximum atomic E-state index is 4.58. The second-order valence-electron chi connectivity index (χ2n) is 4.42. The van der Waals surface area contributed by atoms with Crippen LogP contribution in [0.1, 0.15) is 31.4 Å². The first-order valence-corrected chi connectivity index (χ1v) is 8.22. The van der Waals surface area contributed by atoms with Crippen LogP contribution in [0, 0.1) is 0 Å². The highest BCUT2D eigenvalue weighted by Gasteiger charge is 2.09. The molecule has 20 heavy (non-hydrogen) atoms. The van der Waals surface area contributed by atoms with Crippen LogP contribution in [0.3, 0.4) is 0 Å². The summed E-state index contributed by atoms with van der Waals surface area (Å²) in [7, 11) is 0. The number of nitrogens with one attached hydrogen (secondary N) is 1. The fourth-order valence-electron chi connectivity index (χ4n) is 1.85. The van der Waals surface area contributed by atoms with Gasteiger partial charge in [-0.3, -0.25) is 0 Å². The zero-order chi connectivity index (χ0) is 14.8. The van der Waals surface area contributed by atoms with Crippen molar-refractivity contribution in [1.82, 2.24) is 5.32 Å². The van der Waals surface area contributed by atoms with E-state index in [1.54, 1.807) is 6.08 Å². The van der Waals surface area contributed by atoms with E-state index in [4.69, 9.17) is 0 Å². The normalized spacial score (nSPS) is 12.3. The Morgan fingerprint density at radius 2 is 2.00 bits per heavy atom. The van der Waals surface area contributed by atoms with Gasteiger partial charge in [-0.25, -0.2) is 4.40 Å². The topological polar surface area (TPSA) is 24.4 Å². The Kier molecular flexibility index (Phi) is 7.81. The molecule has 0 radical (unpaired) electrons. The predicted molar refractivity (Wildman–Crippen MR) is 92.4 cm³/mol. The zero-order valence-corrected chi connectivity index (χ0v) is 13.5. The minimum atomic E-state index is 0.931. The molecule has 0 bridgehead atoms. The number of hydrogen-bond acceptors (Lipinski definition) is 3. The number of nitrogens with zero attached hydrogens (tertiary/aromatic N) is 1. The van der Waals surface area contributed by atoms with E-state index in [9.17, 15) is 0 Å². The lowest BCUT2D eigenvalue weighted by atomic mass is 10.0. The number of hydrogen-bond donors (Lipinski definition) is 1. The third-order valence-corrected chi connectivity index (χ3v) is 3.29. The molecule has 0 saturated heterocycles. The molecule has 1 rings (SSSR count). The fourth-order valence-corrected chi connectivity index (χ4v) is 2.23. The highest BCUT2D eigenvalue weighted by atomic mass is 32.2. The molecule has 0 spiro atoms. The second-order valence-corrected chi connectivity index (χ2v) is 4.96. The summed E-state index contributed by atoms with van der Waals surface area (Å²) in [5, 5.41) is 3.43. The van der Waals surface area contributed by atoms with Crippen molar-refractivity contribution in [3.05, 3.63) is 59.8 Å². The van der Waals surface area contributed by atoms with Crippen molar-refractivity contribution < 1.29 is 0 Å². The summed E-state index contributed by atoms with van der Waals surface area (Å²) in [5.41, 5.74) is 4.48. The maximum Gasteiger partial charge on any atom is 0.102 e. The van der Waals surface area contributed by atoms with Crippen molar-refractivity contribution in [3.63, 3.8) is 0 Å². The lowest BCUT2D eigenvalue weighted by Gasteiger charge is -2.13. The van der Waals surface area contributed by atoms with Gasteiger partial charge in [0.15, 0.2) is 0 Å². The SMILES string of the molecule is C=C/C=C(NCCC)/C(=N\SC)c1ccc(CC)cc1. The lowest BCUT2D eigenvalue weighted by molar-refractivity contribution is 0.792. The molecule has 1 aromatic carbocycles. The molecular formula is C17H24N2S. The van der Waals surface area contributed by atoms with Gasteiger partial charge in [0.1, 0.15) is 5.71 Å². The first-order chi connectivity index (χ1) is 9.76. The smallest absolute Gasteiger partial charge is 0.102 e. The first-order valence-electron chi connectivity index (χ1n) is 7.04. The van der Waals surface area contributed by atoms with Crippen molar-refractivity contribution in [2.24, 2.45) is 4.40 Å². The second kappa shape index (κ2) is 9.43. The van der Waals surface area contributed by atoms with E-state index >= 15 is 0 Å². The quantitative estimate of drug-likeness (QED) is 0.436. The molecule has 1 aromatic rings. The van der Waals surface area contributed by atoms with Gasteiger partial charge in [0.25, 0.3) is 0 Å². The Morgan fingerprint density at radius 3 is 2.50 bits per heavy atom. The molecule has 1 N–H and O–H groups in total. The number of rotatable bonds is 8. The van der Waals surface area contributed by atoms with Gasteiger partial charge in [0.2, 0.25) is 0 Å². The molecule has 0 aromatic heterocycles.